The Morgan fingerprint density at radius 1 is 1.31 bits per heavy atom. The molecule has 74 valence electrons. The first-order valence-corrected chi connectivity index (χ1v) is 5.39. The molecular formula is C11H18O2. The Labute approximate surface area is 79.9 Å². The first-order chi connectivity index (χ1) is 6.40. The van der Waals surface area contributed by atoms with E-state index in [1.54, 1.807) is 5.57 Å². The van der Waals surface area contributed by atoms with Gasteiger partial charge in [0.1, 0.15) is 0 Å². The average Bonchev–Trinajstić information content (AvgIpc) is 2.18. The minimum Gasteiger partial charge on any atom is -0.469 e. The van der Waals surface area contributed by atoms with E-state index in [9.17, 15) is 0 Å². The maximum atomic E-state index is 5.79. The van der Waals surface area contributed by atoms with Crippen LogP contribution in [0.2, 0.25) is 0 Å². The number of hydrogen-bond donors (Lipinski definition) is 0. The highest BCUT2D eigenvalue weighted by Gasteiger charge is 2.23. The fraction of sp³-hybridized carbons (Fsp3) is 0.818. The van der Waals surface area contributed by atoms with Crippen molar-refractivity contribution in [1.29, 1.82) is 0 Å². The van der Waals surface area contributed by atoms with Crippen LogP contribution in [-0.4, -0.2) is 12.9 Å². The van der Waals surface area contributed by atoms with Crippen molar-refractivity contribution >= 4 is 0 Å². The van der Waals surface area contributed by atoms with Crippen LogP contribution >= 0.6 is 0 Å². The summed E-state index contributed by atoms with van der Waals surface area (Å²) in [5.41, 5.74) is 1.56. The van der Waals surface area contributed by atoms with Gasteiger partial charge in [-0.25, -0.2) is 0 Å². The summed E-state index contributed by atoms with van der Waals surface area (Å²) in [5, 5.41) is 0. The molecule has 0 saturated carbocycles. The SMILES string of the molecule is CCOC1CCC2=C(CCCC2)O1. The van der Waals surface area contributed by atoms with Crippen molar-refractivity contribution in [2.45, 2.75) is 51.7 Å². The molecule has 0 aromatic carbocycles. The molecule has 0 bridgehead atoms. The Kier molecular flexibility index (Phi) is 2.89. The first-order valence-electron chi connectivity index (χ1n) is 5.39. The molecule has 0 spiro atoms. The van der Waals surface area contributed by atoms with E-state index in [2.05, 4.69) is 0 Å². The maximum absolute atomic E-state index is 5.79. The van der Waals surface area contributed by atoms with E-state index < -0.39 is 0 Å². The minimum atomic E-state index is 0.0434. The molecule has 0 saturated heterocycles. The van der Waals surface area contributed by atoms with Crippen LogP contribution in [0.5, 0.6) is 0 Å². The van der Waals surface area contributed by atoms with Crippen molar-refractivity contribution in [3.63, 3.8) is 0 Å². The van der Waals surface area contributed by atoms with Crippen LogP contribution in [0.3, 0.4) is 0 Å². The summed E-state index contributed by atoms with van der Waals surface area (Å²) in [6, 6.07) is 0. The second-order valence-corrected chi connectivity index (χ2v) is 3.78. The van der Waals surface area contributed by atoms with E-state index in [4.69, 9.17) is 9.47 Å². The zero-order valence-corrected chi connectivity index (χ0v) is 8.34. The Morgan fingerprint density at radius 3 is 3.00 bits per heavy atom. The van der Waals surface area contributed by atoms with Gasteiger partial charge in [0.05, 0.1) is 5.76 Å². The Bertz CT molecular complexity index is 208. The van der Waals surface area contributed by atoms with Crippen LogP contribution in [0.25, 0.3) is 0 Å². The van der Waals surface area contributed by atoms with E-state index in [-0.39, 0.29) is 6.29 Å². The largest absolute Gasteiger partial charge is 0.469 e. The third kappa shape index (κ3) is 2.05. The summed E-state index contributed by atoms with van der Waals surface area (Å²) < 4.78 is 11.3. The molecule has 2 heteroatoms. The Hall–Kier alpha value is -0.500. The lowest BCUT2D eigenvalue weighted by Crippen LogP contribution is -2.23. The normalized spacial score (nSPS) is 28.2. The molecule has 0 aromatic heterocycles. The second-order valence-electron chi connectivity index (χ2n) is 3.78. The van der Waals surface area contributed by atoms with Gasteiger partial charge in [-0.3, -0.25) is 0 Å². The molecule has 2 nitrogen and oxygen atoms in total. The number of hydrogen-bond acceptors (Lipinski definition) is 2. The fourth-order valence-electron chi connectivity index (χ4n) is 2.16. The highest BCUT2D eigenvalue weighted by atomic mass is 16.7. The van der Waals surface area contributed by atoms with Crippen LogP contribution in [0.1, 0.15) is 45.4 Å². The summed E-state index contributed by atoms with van der Waals surface area (Å²) in [7, 11) is 0. The van der Waals surface area contributed by atoms with Crippen molar-refractivity contribution in [2.24, 2.45) is 0 Å². The highest BCUT2D eigenvalue weighted by Crippen LogP contribution is 2.34. The Morgan fingerprint density at radius 2 is 2.15 bits per heavy atom. The standard InChI is InChI=1S/C11H18O2/c1-2-12-11-8-7-9-5-3-4-6-10(9)13-11/h11H,2-8H2,1H3. The highest BCUT2D eigenvalue weighted by molar-refractivity contribution is 5.13. The van der Waals surface area contributed by atoms with Gasteiger partial charge in [0.15, 0.2) is 6.29 Å². The molecule has 1 atom stereocenters. The molecule has 0 aromatic rings. The molecule has 0 fully saturated rings. The van der Waals surface area contributed by atoms with Gasteiger partial charge in [-0.15, -0.1) is 0 Å². The lowest BCUT2D eigenvalue weighted by Gasteiger charge is -2.30. The van der Waals surface area contributed by atoms with Crippen LogP contribution < -0.4 is 0 Å². The minimum absolute atomic E-state index is 0.0434. The predicted molar refractivity (Wildman–Crippen MR) is 51.2 cm³/mol. The van der Waals surface area contributed by atoms with Gasteiger partial charge in [-0.1, -0.05) is 0 Å². The monoisotopic (exact) mass is 182 g/mol. The maximum Gasteiger partial charge on any atom is 0.199 e. The third-order valence-electron chi connectivity index (χ3n) is 2.83. The van der Waals surface area contributed by atoms with Crippen LogP contribution in [0.4, 0.5) is 0 Å². The van der Waals surface area contributed by atoms with Gasteiger partial charge in [0, 0.05) is 19.4 Å². The number of rotatable bonds is 2. The van der Waals surface area contributed by atoms with E-state index in [1.807, 2.05) is 6.92 Å². The van der Waals surface area contributed by atoms with Crippen molar-refractivity contribution in [2.75, 3.05) is 6.61 Å². The molecular weight excluding hydrogens is 164 g/mol. The summed E-state index contributed by atoms with van der Waals surface area (Å²) in [6.07, 6.45) is 7.32. The first kappa shape index (κ1) is 9.07. The molecule has 0 radical (unpaired) electrons. The topological polar surface area (TPSA) is 18.5 Å². The second kappa shape index (κ2) is 4.14. The van der Waals surface area contributed by atoms with Gasteiger partial charge >= 0.3 is 0 Å². The van der Waals surface area contributed by atoms with Gasteiger partial charge in [0.2, 0.25) is 0 Å². The van der Waals surface area contributed by atoms with E-state index in [0.29, 0.717) is 0 Å². The lowest BCUT2D eigenvalue weighted by atomic mass is 9.92. The molecule has 13 heavy (non-hydrogen) atoms. The van der Waals surface area contributed by atoms with Crippen LogP contribution in [0, 0.1) is 0 Å². The molecule has 1 aliphatic carbocycles. The summed E-state index contributed by atoms with van der Waals surface area (Å²) in [6.45, 7) is 2.78. The van der Waals surface area contributed by atoms with Crippen molar-refractivity contribution in [1.82, 2.24) is 0 Å². The zero-order valence-electron chi connectivity index (χ0n) is 8.34. The van der Waals surface area contributed by atoms with E-state index in [1.165, 1.54) is 31.4 Å². The molecule has 1 aliphatic heterocycles. The van der Waals surface area contributed by atoms with Crippen LogP contribution in [-0.2, 0) is 9.47 Å². The molecule has 2 rings (SSSR count). The van der Waals surface area contributed by atoms with Crippen molar-refractivity contribution in [3.8, 4) is 0 Å². The molecule has 1 heterocycles. The summed E-state index contributed by atoms with van der Waals surface area (Å²) in [5.74, 6) is 1.25. The molecule has 0 N–H and O–H groups in total. The molecule has 0 amide bonds. The smallest absolute Gasteiger partial charge is 0.199 e. The average molecular weight is 182 g/mol. The summed E-state index contributed by atoms with van der Waals surface area (Å²) >= 11 is 0. The fourth-order valence-corrected chi connectivity index (χ4v) is 2.16. The quantitative estimate of drug-likeness (QED) is 0.653. The molecule has 2 aliphatic rings. The molecule has 1 unspecified atom stereocenters. The van der Waals surface area contributed by atoms with Gasteiger partial charge < -0.3 is 9.47 Å². The Balaban J connectivity index is 1.97. The van der Waals surface area contributed by atoms with Gasteiger partial charge in [-0.05, 0) is 38.2 Å². The lowest BCUT2D eigenvalue weighted by molar-refractivity contribution is -0.127. The van der Waals surface area contributed by atoms with Gasteiger partial charge in [-0.2, -0.15) is 0 Å². The number of allylic oxidation sites excluding steroid dienone is 2. The van der Waals surface area contributed by atoms with Gasteiger partial charge in [0.25, 0.3) is 0 Å². The van der Waals surface area contributed by atoms with Crippen LogP contribution in [0.15, 0.2) is 11.3 Å². The predicted octanol–water partition coefficient (Wildman–Crippen LogP) is 2.99. The van der Waals surface area contributed by atoms with Crippen molar-refractivity contribution < 1.29 is 9.47 Å². The van der Waals surface area contributed by atoms with E-state index >= 15 is 0 Å². The third-order valence-corrected chi connectivity index (χ3v) is 2.83. The number of ether oxygens (including phenoxy) is 2. The summed E-state index contributed by atoms with van der Waals surface area (Å²) in [4.78, 5) is 0. The van der Waals surface area contributed by atoms with E-state index in [0.717, 1.165) is 19.4 Å². The zero-order chi connectivity index (χ0) is 9.10. The van der Waals surface area contributed by atoms with Crippen molar-refractivity contribution in [3.05, 3.63) is 11.3 Å².